The van der Waals surface area contributed by atoms with E-state index in [1.807, 2.05) is 11.0 Å². The van der Waals surface area contributed by atoms with Crippen LogP contribution in [0.15, 0.2) is 23.2 Å². The molecule has 0 radical (unpaired) electrons. The van der Waals surface area contributed by atoms with Gasteiger partial charge < -0.3 is 21.1 Å². The predicted octanol–water partition coefficient (Wildman–Crippen LogP) is 2.70. The fourth-order valence-corrected chi connectivity index (χ4v) is 5.24. The number of nitrogens with one attached hydrogen (secondary N) is 1. The van der Waals surface area contributed by atoms with Crippen LogP contribution in [0.3, 0.4) is 0 Å². The normalized spacial score (nSPS) is 19.6. The number of anilines is 3. The highest BCUT2D eigenvalue weighted by atomic mass is 35.5. The monoisotopic (exact) mass is 534 g/mol. The maximum atomic E-state index is 11.1. The minimum absolute atomic E-state index is 0.106. The van der Waals surface area contributed by atoms with Crippen LogP contribution in [-0.2, 0) is 11.3 Å². The number of rotatable bonds is 8. The number of aromatic nitrogens is 2. The molecule has 1 aromatic heterocycles. The number of piperazine rings is 1. The van der Waals surface area contributed by atoms with Crippen LogP contribution >= 0.6 is 23.2 Å². The van der Waals surface area contributed by atoms with Crippen molar-refractivity contribution in [3.8, 4) is 0 Å². The third-order valence-electron chi connectivity index (χ3n) is 6.63. The summed E-state index contributed by atoms with van der Waals surface area (Å²) < 4.78 is 0. The molecule has 0 bridgehead atoms. The van der Waals surface area contributed by atoms with Gasteiger partial charge in [-0.2, -0.15) is 4.98 Å². The third-order valence-corrected chi connectivity index (χ3v) is 7.22. The standard InChI is InChI=1S/C24H32Cl2N8O2/c1-28-13-20-22(27)23(29-12-16-4-5-17(25)11-19(16)26)31-24(30-20)34-9-7-33(8-10-34)18-3-2-6-32(14-18)15-21(35)36/h4-5,11,13,18H,2-3,6-10,12,14-15,27H2,1H3,(H,35,36)(H,29,30,31). The Morgan fingerprint density at radius 2 is 2.03 bits per heavy atom. The number of benzene rings is 1. The highest BCUT2D eigenvalue weighted by molar-refractivity contribution is 6.35. The number of carboxylic acids is 1. The van der Waals surface area contributed by atoms with Gasteiger partial charge in [-0.15, -0.1) is 0 Å². The lowest BCUT2D eigenvalue weighted by atomic mass is 10.0. The van der Waals surface area contributed by atoms with Crippen LogP contribution < -0.4 is 16.0 Å². The van der Waals surface area contributed by atoms with E-state index in [0.717, 1.165) is 57.7 Å². The number of carboxylic acid groups (broad SMARTS) is 1. The van der Waals surface area contributed by atoms with Crippen LogP contribution in [0.4, 0.5) is 17.5 Å². The first kappa shape index (κ1) is 26.4. The van der Waals surface area contributed by atoms with Gasteiger partial charge in [-0.05, 0) is 37.1 Å². The van der Waals surface area contributed by atoms with Crippen LogP contribution in [0.5, 0.6) is 0 Å². The summed E-state index contributed by atoms with van der Waals surface area (Å²) in [6.45, 7) is 5.44. The summed E-state index contributed by atoms with van der Waals surface area (Å²) in [7, 11) is 1.68. The number of hydrogen-bond donors (Lipinski definition) is 3. The quantitative estimate of drug-likeness (QED) is 0.438. The Kier molecular flexibility index (Phi) is 8.84. The Hall–Kier alpha value is -2.66. The second kappa shape index (κ2) is 12.1. The molecule has 4 N–H and O–H groups in total. The molecule has 0 saturated carbocycles. The second-order valence-electron chi connectivity index (χ2n) is 9.10. The lowest BCUT2D eigenvalue weighted by Gasteiger charge is -2.43. The van der Waals surface area contributed by atoms with Gasteiger partial charge in [0.05, 0.1) is 6.54 Å². The molecule has 2 saturated heterocycles. The molecule has 1 atom stereocenters. The van der Waals surface area contributed by atoms with Gasteiger partial charge in [0.2, 0.25) is 5.95 Å². The van der Waals surface area contributed by atoms with Gasteiger partial charge in [-0.3, -0.25) is 19.6 Å². The van der Waals surface area contributed by atoms with Gasteiger partial charge in [-0.25, -0.2) is 4.98 Å². The van der Waals surface area contributed by atoms with Crippen LogP contribution in [-0.4, -0.2) is 96.0 Å². The second-order valence-corrected chi connectivity index (χ2v) is 9.94. The lowest BCUT2D eigenvalue weighted by Crippen LogP contribution is -2.55. The first-order valence-corrected chi connectivity index (χ1v) is 12.8. The predicted molar refractivity (Wildman–Crippen MR) is 145 cm³/mol. The van der Waals surface area contributed by atoms with Crippen molar-refractivity contribution in [2.75, 3.05) is 68.8 Å². The maximum absolute atomic E-state index is 11.1. The van der Waals surface area contributed by atoms with Crippen molar-refractivity contribution in [3.63, 3.8) is 0 Å². The summed E-state index contributed by atoms with van der Waals surface area (Å²) in [4.78, 5) is 31.3. The number of piperidine rings is 1. The summed E-state index contributed by atoms with van der Waals surface area (Å²) >= 11 is 12.3. The fraction of sp³-hybridized carbons (Fsp3) is 0.500. The zero-order valence-corrected chi connectivity index (χ0v) is 21.8. The number of carbonyl (C=O) groups is 1. The first-order valence-electron chi connectivity index (χ1n) is 12.0. The number of halogens is 2. The molecule has 2 aliphatic rings. The number of likely N-dealkylation sites (tertiary alicyclic amines) is 1. The van der Waals surface area contributed by atoms with Gasteiger partial charge in [0.1, 0.15) is 11.4 Å². The Labute approximate surface area is 221 Å². The van der Waals surface area contributed by atoms with Crippen LogP contribution in [0.25, 0.3) is 0 Å². The number of hydrogen-bond acceptors (Lipinski definition) is 9. The SMILES string of the molecule is CN=Cc1nc(N2CCN(C3CCCN(CC(=O)O)C3)CC2)nc(NCc2ccc(Cl)cc2Cl)c1N. The van der Waals surface area contributed by atoms with Gasteiger partial charge in [0.15, 0.2) is 5.82 Å². The Morgan fingerprint density at radius 1 is 1.25 bits per heavy atom. The van der Waals surface area contributed by atoms with Crippen LogP contribution in [0, 0.1) is 0 Å². The van der Waals surface area contributed by atoms with Gasteiger partial charge in [0, 0.05) is 68.6 Å². The molecule has 2 aromatic rings. The van der Waals surface area contributed by atoms with E-state index in [1.54, 1.807) is 25.4 Å². The molecule has 0 amide bonds. The van der Waals surface area contributed by atoms with Crippen molar-refractivity contribution in [1.29, 1.82) is 0 Å². The van der Waals surface area contributed by atoms with Crippen molar-refractivity contribution < 1.29 is 9.90 Å². The number of nitrogen functional groups attached to an aromatic ring is 1. The van der Waals surface area contributed by atoms with E-state index in [-0.39, 0.29) is 6.54 Å². The molecule has 1 unspecified atom stereocenters. The Bertz CT molecular complexity index is 1110. The molecule has 10 nitrogen and oxygen atoms in total. The molecular formula is C24H32Cl2N8O2. The van der Waals surface area contributed by atoms with E-state index in [4.69, 9.17) is 39.0 Å². The zero-order valence-electron chi connectivity index (χ0n) is 20.3. The average Bonchev–Trinajstić information content (AvgIpc) is 2.85. The minimum atomic E-state index is -0.768. The Balaban J connectivity index is 1.44. The minimum Gasteiger partial charge on any atom is -0.480 e. The van der Waals surface area contributed by atoms with Crippen LogP contribution in [0.1, 0.15) is 24.1 Å². The highest BCUT2D eigenvalue weighted by Gasteiger charge is 2.29. The molecule has 0 spiro atoms. The molecule has 2 aliphatic heterocycles. The van der Waals surface area contributed by atoms with E-state index in [0.29, 0.717) is 45.8 Å². The summed E-state index contributed by atoms with van der Waals surface area (Å²) in [5, 5.41) is 13.6. The molecular weight excluding hydrogens is 503 g/mol. The molecule has 36 heavy (non-hydrogen) atoms. The van der Waals surface area contributed by atoms with E-state index in [2.05, 4.69) is 25.1 Å². The summed E-state index contributed by atoms with van der Waals surface area (Å²) in [5.74, 6) is 0.356. The van der Waals surface area contributed by atoms with Gasteiger partial charge >= 0.3 is 5.97 Å². The average molecular weight is 535 g/mol. The highest BCUT2D eigenvalue weighted by Crippen LogP contribution is 2.27. The largest absolute Gasteiger partial charge is 0.480 e. The van der Waals surface area contributed by atoms with Gasteiger partial charge in [-0.1, -0.05) is 29.3 Å². The van der Waals surface area contributed by atoms with E-state index in [1.165, 1.54) is 0 Å². The van der Waals surface area contributed by atoms with Crippen molar-refractivity contribution in [2.24, 2.45) is 4.99 Å². The Morgan fingerprint density at radius 3 is 2.72 bits per heavy atom. The van der Waals surface area contributed by atoms with Crippen LogP contribution in [0.2, 0.25) is 10.0 Å². The third kappa shape index (κ3) is 6.56. The van der Waals surface area contributed by atoms with E-state index < -0.39 is 5.97 Å². The van der Waals surface area contributed by atoms with Crippen molar-refractivity contribution >= 4 is 52.8 Å². The van der Waals surface area contributed by atoms with Gasteiger partial charge in [0.25, 0.3) is 0 Å². The smallest absolute Gasteiger partial charge is 0.317 e. The molecule has 12 heteroatoms. The first-order chi connectivity index (χ1) is 17.3. The topological polar surface area (TPSA) is 123 Å². The molecule has 1 aromatic carbocycles. The number of nitrogens with two attached hydrogens (primary N) is 1. The molecule has 4 rings (SSSR count). The number of aliphatic imine (C=N–C) groups is 1. The van der Waals surface area contributed by atoms with Crippen molar-refractivity contribution in [3.05, 3.63) is 39.5 Å². The molecule has 194 valence electrons. The van der Waals surface area contributed by atoms with Crippen molar-refractivity contribution in [2.45, 2.75) is 25.4 Å². The van der Waals surface area contributed by atoms with Crippen molar-refractivity contribution in [1.82, 2.24) is 19.8 Å². The number of aliphatic carboxylic acids is 1. The number of nitrogens with zero attached hydrogens (tertiary/aromatic N) is 6. The van der Waals surface area contributed by atoms with E-state index >= 15 is 0 Å². The summed E-state index contributed by atoms with van der Waals surface area (Å²) in [6, 6.07) is 5.74. The molecule has 0 aliphatic carbocycles. The maximum Gasteiger partial charge on any atom is 0.317 e. The van der Waals surface area contributed by atoms with E-state index in [9.17, 15) is 4.79 Å². The fourth-order valence-electron chi connectivity index (χ4n) is 4.77. The zero-order chi connectivity index (χ0) is 25.7. The molecule has 2 fully saturated rings. The summed E-state index contributed by atoms with van der Waals surface area (Å²) in [5.41, 5.74) is 8.22. The lowest BCUT2D eigenvalue weighted by molar-refractivity contribution is -0.138. The summed E-state index contributed by atoms with van der Waals surface area (Å²) in [6.07, 6.45) is 3.74. The molecule has 3 heterocycles.